The second-order valence-electron chi connectivity index (χ2n) is 6.93. The molecule has 9 heteroatoms. The van der Waals surface area contributed by atoms with Crippen LogP contribution in [0.5, 0.6) is 0 Å². The van der Waals surface area contributed by atoms with E-state index in [0.29, 0.717) is 23.0 Å². The van der Waals surface area contributed by atoms with Gasteiger partial charge in [-0.25, -0.2) is 4.98 Å². The van der Waals surface area contributed by atoms with Crippen molar-refractivity contribution in [3.63, 3.8) is 0 Å². The summed E-state index contributed by atoms with van der Waals surface area (Å²) >= 11 is 6.45. The van der Waals surface area contributed by atoms with E-state index < -0.39 is 0 Å². The molecule has 2 aromatic heterocycles. The number of nitrogens with one attached hydrogen (secondary N) is 2. The summed E-state index contributed by atoms with van der Waals surface area (Å²) in [6, 6.07) is 9.22. The Morgan fingerprint density at radius 1 is 1.31 bits per heavy atom. The van der Waals surface area contributed by atoms with Gasteiger partial charge in [-0.1, -0.05) is 11.6 Å². The van der Waals surface area contributed by atoms with Crippen LogP contribution in [0.2, 0.25) is 5.02 Å². The van der Waals surface area contributed by atoms with Crippen molar-refractivity contribution in [2.24, 2.45) is 18.9 Å². The van der Waals surface area contributed by atoms with Crippen LogP contribution in [0.3, 0.4) is 0 Å². The lowest BCUT2D eigenvalue weighted by atomic mass is 10.1. The maximum Gasteiger partial charge on any atom is 0.271 e. The lowest BCUT2D eigenvalue weighted by Crippen LogP contribution is -2.18. The molecule has 1 aliphatic rings. The standard InChI is InChI=1S/C20H17ClN6O2/c1-23-20(29)16-7-17(27(2)26-16)11-3-10-6-18(24-9-14(10)15(21)5-11)25-19(28)13-4-12(13)8-22/h3,5-7,9,12-13H,4H2,1-2H3,(H,23,29)(H,24,25,28)/t12-,13+/m0/s1. The van der Waals surface area contributed by atoms with Crippen molar-refractivity contribution in [1.82, 2.24) is 20.1 Å². The largest absolute Gasteiger partial charge is 0.354 e. The van der Waals surface area contributed by atoms with E-state index in [0.717, 1.165) is 22.0 Å². The van der Waals surface area contributed by atoms with Crippen molar-refractivity contribution >= 4 is 40.0 Å². The molecule has 0 bridgehead atoms. The minimum absolute atomic E-state index is 0.201. The molecule has 1 saturated carbocycles. The van der Waals surface area contributed by atoms with Crippen LogP contribution in [0.25, 0.3) is 22.0 Å². The van der Waals surface area contributed by atoms with Gasteiger partial charge in [0.2, 0.25) is 5.91 Å². The molecule has 146 valence electrons. The zero-order valence-electron chi connectivity index (χ0n) is 15.7. The van der Waals surface area contributed by atoms with Gasteiger partial charge in [-0.15, -0.1) is 0 Å². The number of hydrogen-bond acceptors (Lipinski definition) is 5. The van der Waals surface area contributed by atoms with Gasteiger partial charge in [-0.3, -0.25) is 14.3 Å². The minimum Gasteiger partial charge on any atom is -0.354 e. The third-order valence-corrected chi connectivity index (χ3v) is 5.28. The number of aryl methyl sites for hydroxylation is 1. The molecule has 0 saturated heterocycles. The topological polar surface area (TPSA) is 113 Å². The zero-order valence-corrected chi connectivity index (χ0v) is 16.5. The van der Waals surface area contributed by atoms with Gasteiger partial charge in [0.05, 0.1) is 28.6 Å². The first-order chi connectivity index (χ1) is 13.9. The summed E-state index contributed by atoms with van der Waals surface area (Å²) < 4.78 is 1.61. The number of halogens is 1. The number of nitriles is 1. The second kappa shape index (κ2) is 7.18. The highest BCUT2D eigenvalue weighted by Crippen LogP contribution is 2.38. The molecule has 0 spiro atoms. The molecule has 2 amide bonds. The van der Waals surface area contributed by atoms with Crippen molar-refractivity contribution in [3.8, 4) is 17.3 Å². The van der Waals surface area contributed by atoms with Crippen molar-refractivity contribution in [1.29, 1.82) is 5.26 Å². The van der Waals surface area contributed by atoms with Crippen LogP contribution in [0, 0.1) is 23.2 Å². The van der Waals surface area contributed by atoms with Gasteiger partial charge >= 0.3 is 0 Å². The first-order valence-corrected chi connectivity index (χ1v) is 9.35. The summed E-state index contributed by atoms with van der Waals surface area (Å²) in [5, 5.41) is 20.5. The van der Waals surface area contributed by atoms with Crippen LogP contribution >= 0.6 is 11.6 Å². The normalized spacial score (nSPS) is 17.6. The van der Waals surface area contributed by atoms with E-state index in [1.165, 1.54) is 0 Å². The number of fused-ring (bicyclic) bond motifs is 1. The molecular formula is C20H17ClN6O2. The van der Waals surface area contributed by atoms with Crippen molar-refractivity contribution < 1.29 is 9.59 Å². The fraction of sp³-hybridized carbons (Fsp3) is 0.250. The quantitative estimate of drug-likeness (QED) is 0.689. The predicted molar refractivity (Wildman–Crippen MR) is 108 cm³/mol. The fourth-order valence-corrected chi connectivity index (χ4v) is 3.53. The average molecular weight is 409 g/mol. The molecule has 0 aliphatic heterocycles. The van der Waals surface area contributed by atoms with Crippen LogP contribution in [0.1, 0.15) is 16.9 Å². The maximum absolute atomic E-state index is 12.2. The summed E-state index contributed by atoms with van der Waals surface area (Å²) in [4.78, 5) is 28.3. The number of nitrogens with zero attached hydrogens (tertiary/aromatic N) is 4. The number of carbonyl (C=O) groups is 2. The van der Waals surface area contributed by atoms with Crippen LogP contribution in [-0.2, 0) is 11.8 Å². The number of carbonyl (C=O) groups excluding carboxylic acids is 2. The van der Waals surface area contributed by atoms with E-state index in [9.17, 15) is 9.59 Å². The molecule has 2 heterocycles. The number of aromatic nitrogens is 3. The summed E-state index contributed by atoms with van der Waals surface area (Å²) in [7, 11) is 3.30. The molecular weight excluding hydrogens is 392 g/mol. The zero-order chi connectivity index (χ0) is 20.7. The van der Waals surface area contributed by atoms with E-state index in [2.05, 4.69) is 26.8 Å². The molecule has 2 atom stereocenters. The van der Waals surface area contributed by atoms with Crippen LogP contribution < -0.4 is 10.6 Å². The Bertz CT molecular complexity index is 1200. The summed E-state index contributed by atoms with van der Waals surface area (Å²) in [5.74, 6) is -0.563. The molecule has 2 N–H and O–H groups in total. The van der Waals surface area contributed by atoms with E-state index in [4.69, 9.17) is 16.9 Å². The highest BCUT2D eigenvalue weighted by atomic mass is 35.5. The van der Waals surface area contributed by atoms with E-state index in [1.807, 2.05) is 6.07 Å². The first-order valence-electron chi connectivity index (χ1n) is 8.97. The number of hydrogen-bond donors (Lipinski definition) is 2. The van der Waals surface area contributed by atoms with Gasteiger partial charge in [-0.2, -0.15) is 10.4 Å². The average Bonchev–Trinajstić information content (AvgIpc) is 3.41. The van der Waals surface area contributed by atoms with Gasteiger partial charge in [-0.05, 0) is 36.1 Å². The Balaban J connectivity index is 1.68. The number of anilines is 1. The summed E-state index contributed by atoms with van der Waals surface area (Å²) in [6.45, 7) is 0. The van der Waals surface area contributed by atoms with Crippen LogP contribution in [-0.4, -0.2) is 33.6 Å². The Morgan fingerprint density at radius 3 is 2.79 bits per heavy atom. The van der Waals surface area contributed by atoms with Gasteiger partial charge in [0.1, 0.15) is 5.82 Å². The Kier molecular flexibility index (Phi) is 4.68. The third kappa shape index (κ3) is 3.52. The van der Waals surface area contributed by atoms with Crippen LogP contribution in [0.4, 0.5) is 5.82 Å². The number of pyridine rings is 1. The molecule has 1 aromatic carbocycles. The fourth-order valence-electron chi connectivity index (χ4n) is 3.25. The van der Waals surface area contributed by atoms with Gasteiger partial charge < -0.3 is 10.6 Å². The monoisotopic (exact) mass is 408 g/mol. The highest BCUT2D eigenvalue weighted by Gasteiger charge is 2.43. The van der Waals surface area contributed by atoms with Gasteiger partial charge in [0.15, 0.2) is 5.69 Å². The second-order valence-corrected chi connectivity index (χ2v) is 7.34. The molecule has 3 aromatic rings. The third-order valence-electron chi connectivity index (χ3n) is 4.97. The maximum atomic E-state index is 12.2. The highest BCUT2D eigenvalue weighted by molar-refractivity contribution is 6.36. The Labute approximate surface area is 171 Å². The Morgan fingerprint density at radius 2 is 2.10 bits per heavy atom. The SMILES string of the molecule is CNC(=O)c1cc(-c2cc(Cl)c3cnc(NC(=O)[C@@H]4C[C@H]4C#N)cc3c2)n(C)n1. The van der Waals surface area contributed by atoms with Crippen molar-refractivity contribution in [2.75, 3.05) is 12.4 Å². The predicted octanol–water partition coefficient (Wildman–Crippen LogP) is 2.75. The van der Waals surface area contributed by atoms with Crippen molar-refractivity contribution in [3.05, 3.63) is 41.2 Å². The number of amides is 2. The van der Waals surface area contributed by atoms with Crippen LogP contribution in [0.15, 0.2) is 30.5 Å². The molecule has 8 nitrogen and oxygen atoms in total. The van der Waals surface area contributed by atoms with Gasteiger partial charge in [0, 0.05) is 31.2 Å². The molecule has 1 aliphatic carbocycles. The number of benzene rings is 1. The summed E-state index contributed by atoms with van der Waals surface area (Å²) in [6.07, 6.45) is 2.19. The van der Waals surface area contributed by atoms with E-state index in [-0.39, 0.29) is 23.7 Å². The van der Waals surface area contributed by atoms with E-state index >= 15 is 0 Å². The lowest BCUT2D eigenvalue weighted by Gasteiger charge is -2.09. The minimum atomic E-state index is -0.274. The van der Waals surface area contributed by atoms with Crippen molar-refractivity contribution in [2.45, 2.75) is 6.42 Å². The Hall–Kier alpha value is -3.44. The molecule has 4 rings (SSSR count). The van der Waals surface area contributed by atoms with Gasteiger partial charge in [0.25, 0.3) is 5.91 Å². The molecule has 1 fully saturated rings. The molecule has 0 unspecified atom stereocenters. The first kappa shape index (κ1) is 18.9. The summed E-state index contributed by atoms with van der Waals surface area (Å²) in [5.41, 5.74) is 1.81. The number of rotatable bonds is 4. The smallest absolute Gasteiger partial charge is 0.271 e. The molecule has 29 heavy (non-hydrogen) atoms. The molecule has 0 radical (unpaired) electrons. The lowest BCUT2D eigenvalue weighted by molar-refractivity contribution is -0.117. The van der Waals surface area contributed by atoms with E-state index in [1.54, 1.807) is 43.2 Å².